The first kappa shape index (κ1) is 67.1. The minimum Gasteiger partial charge on any atom is -0.462 e. The molecule has 0 aromatic heterocycles. The fourth-order valence-electron chi connectivity index (χ4n) is 8.72. The van der Waals surface area contributed by atoms with Crippen molar-refractivity contribution < 1.29 is 28.6 Å². The number of unbranched alkanes of at least 4 members (excludes halogenated alkanes) is 34. The van der Waals surface area contributed by atoms with Crippen LogP contribution in [0.15, 0.2) is 60.8 Å². The van der Waals surface area contributed by atoms with Gasteiger partial charge in [-0.05, 0) is 83.5 Å². The van der Waals surface area contributed by atoms with Crippen LogP contribution in [0.2, 0.25) is 0 Å². The van der Waals surface area contributed by atoms with Crippen LogP contribution in [-0.4, -0.2) is 37.2 Å². The predicted octanol–water partition coefficient (Wildman–Crippen LogP) is 20.4. The van der Waals surface area contributed by atoms with Gasteiger partial charge >= 0.3 is 17.9 Å². The Bertz CT molecular complexity index is 1260. The number of hydrogen-bond acceptors (Lipinski definition) is 6. The molecule has 0 spiro atoms. The maximum Gasteiger partial charge on any atom is 0.306 e. The van der Waals surface area contributed by atoms with Crippen molar-refractivity contribution in [1.29, 1.82) is 0 Å². The molecule has 1 unspecified atom stereocenters. The molecular formula is C64H114O6. The van der Waals surface area contributed by atoms with Gasteiger partial charge in [-0.25, -0.2) is 0 Å². The second-order valence-electron chi connectivity index (χ2n) is 20.2. The van der Waals surface area contributed by atoms with E-state index in [9.17, 15) is 14.4 Å². The van der Waals surface area contributed by atoms with Crippen LogP contribution in [0.1, 0.15) is 310 Å². The third-order valence-corrected chi connectivity index (χ3v) is 13.3. The Hall–Kier alpha value is -2.89. The Kier molecular flexibility index (Phi) is 56.3. The third-order valence-electron chi connectivity index (χ3n) is 13.3. The SMILES string of the molecule is CC/C=C\C/C=C\C/C=C\C/C=C\CCCCC(=O)OCC(COC(=O)CCCCCCCCCCCCCCCCCCCCCC)OC(=O)CCCCCCCCC/C=C\CCCCCCCC. The first-order chi connectivity index (χ1) is 34.5. The second-order valence-corrected chi connectivity index (χ2v) is 20.2. The topological polar surface area (TPSA) is 78.9 Å². The van der Waals surface area contributed by atoms with Crippen molar-refractivity contribution in [3.8, 4) is 0 Å². The lowest BCUT2D eigenvalue weighted by Gasteiger charge is -2.18. The lowest BCUT2D eigenvalue weighted by atomic mass is 10.0. The third kappa shape index (κ3) is 56.0. The molecule has 6 nitrogen and oxygen atoms in total. The molecule has 1 atom stereocenters. The van der Waals surface area contributed by atoms with Crippen molar-refractivity contribution in [3.63, 3.8) is 0 Å². The zero-order valence-corrected chi connectivity index (χ0v) is 46.5. The summed E-state index contributed by atoms with van der Waals surface area (Å²) in [5.41, 5.74) is 0. The molecule has 0 saturated carbocycles. The summed E-state index contributed by atoms with van der Waals surface area (Å²) in [6.07, 6.45) is 73.7. The molecule has 0 radical (unpaired) electrons. The van der Waals surface area contributed by atoms with E-state index in [4.69, 9.17) is 14.2 Å². The van der Waals surface area contributed by atoms with E-state index >= 15 is 0 Å². The lowest BCUT2D eigenvalue weighted by molar-refractivity contribution is -0.167. The number of allylic oxidation sites excluding steroid dienone is 10. The van der Waals surface area contributed by atoms with Crippen molar-refractivity contribution in [2.75, 3.05) is 13.2 Å². The molecule has 0 amide bonds. The molecule has 0 rings (SSSR count). The molecule has 0 N–H and O–H groups in total. The summed E-state index contributed by atoms with van der Waals surface area (Å²) >= 11 is 0. The van der Waals surface area contributed by atoms with Gasteiger partial charge in [0, 0.05) is 19.3 Å². The minimum atomic E-state index is -0.792. The zero-order valence-electron chi connectivity index (χ0n) is 46.5. The van der Waals surface area contributed by atoms with E-state index in [0.717, 1.165) is 83.5 Å². The number of ether oxygens (including phenoxy) is 3. The normalized spacial score (nSPS) is 12.4. The van der Waals surface area contributed by atoms with Crippen LogP contribution in [0.3, 0.4) is 0 Å². The Labute approximate surface area is 434 Å². The van der Waals surface area contributed by atoms with E-state index in [-0.39, 0.29) is 31.1 Å². The zero-order chi connectivity index (χ0) is 50.7. The van der Waals surface area contributed by atoms with Crippen molar-refractivity contribution >= 4 is 17.9 Å². The van der Waals surface area contributed by atoms with Crippen LogP contribution in [0.5, 0.6) is 0 Å². The minimum absolute atomic E-state index is 0.0862. The van der Waals surface area contributed by atoms with Crippen LogP contribution >= 0.6 is 0 Å². The summed E-state index contributed by atoms with van der Waals surface area (Å²) in [6, 6.07) is 0. The van der Waals surface area contributed by atoms with Crippen LogP contribution in [0, 0.1) is 0 Å². The lowest BCUT2D eigenvalue weighted by Crippen LogP contribution is -2.30. The van der Waals surface area contributed by atoms with Crippen LogP contribution in [0.4, 0.5) is 0 Å². The summed E-state index contributed by atoms with van der Waals surface area (Å²) in [5.74, 6) is -0.919. The fraction of sp³-hybridized carbons (Fsp3) is 0.797. The average molecular weight is 980 g/mol. The first-order valence-electron chi connectivity index (χ1n) is 30.3. The number of hydrogen-bond donors (Lipinski definition) is 0. The van der Waals surface area contributed by atoms with E-state index < -0.39 is 6.10 Å². The maximum atomic E-state index is 12.9. The molecular weight excluding hydrogens is 865 g/mol. The summed E-state index contributed by atoms with van der Waals surface area (Å²) in [7, 11) is 0. The molecule has 70 heavy (non-hydrogen) atoms. The largest absolute Gasteiger partial charge is 0.462 e. The standard InChI is InChI=1S/C64H114O6/c1-4-7-10-13-16-19-22-25-28-30-31-32-34-36-39-42-45-48-51-54-57-63(66)69-60-61(59-68-62(65)56-53-50-47-44-41-38-35-27-24-21-18-15-12-9-6-3)70-64(67)58-55-52-49-46-43-40-37-33-29-26-23-20-17-14-11-8-5-2/h9,12,18,21,26-27,29,35,41,44,61H,4-8,10-11,13-17,19-20,22-25,28,30-34,36-40,42-43,45-60H2,1-3H3/b12-9-,21-18-,29-26-,35-27-,44-41-. The van der Waals surface area contributed by atoms with E-state index in [1.165, 1.54) is 186 Å². The highest BCUT2D eigenvalue weighted by Gasteiger charge is 2.19. The van der Waals surface area contributed by atoms with Gasteiger partial charge in [0.25, 0.3) is 0 Å². The van der Waals surface area contributed by atoms with Gasteiger partial charge in [-0.1, -0.05) is 268 Å². The molecule has 6 heteroatoms. The fourth-order valence-corrected chi connectivity index (χ4v) is 8.72. The van der Waals surface area contributed by atoms with Gasteiger partial charge in [0.1, 0.15) is 13.2 Å². The maximum absolute atomic E-state index is 12.9. The molecule has 0 aromatic rings. The van der Waals surface area contributed by atoms with Crippen LogP contribution < -0.4 is 0 Å². The number of carbonyl (C=O) groups excluding carboxylic acids is 3. The Morgan fingerprint density at radius 1 is 0.300 bits per heavy atom. The van der Waals surface area contributed by atoms with Crippen molar-refractivity contribution in [2.45, 2.75) is 316 Å². The molecule has 0 aliphatic rings. The van der Waals surface area contributed by atoms with Crippen LogP contribution in [0.25, 0.3) is 0 Å². The molecule has 0 aliphatic carbocycles. The molecule has 0 fully saturated rings. The first-order valence-corrected chi connectivity index (χ1v) is 30.3. The predicted molar refractivity (Wildman–Crippen MR) is 302 cm³/mol. The van der Waals surface area contributed by atoms with Crippen molar-refractivity contribution in [2.24, 2.45) is 0 Å². The summed E-state index contributed by atoms with van der Waals surface area (Å²) in [6.45, 7) is 6.52. The highest BCUT2D eigenvalue weighted by molar-refractivity contribution is 5.71. The highest BCUT2D eigenvalue weighted by Crippen LogP contribution is 2.17. The van der Waals surface area contributed by atoms with Gasteiger partial charge in [-0.3, -0.25) is 14.4 Å². The Morgan fingerprint density at radius 3 is 0.914 bits per heavy atom. The summed E-state index contributed by atoms with van der Waals surface area (Å²) < 4.78 is 16.9. The number of esters is 3. The van der Waals surface area contributed by atoms with E-state index in [1.807, 2.05) is 0 Å². The Morgan fingerprint density at radius 2 is 0.557 bits per heavy atom. The van der Waals surface area contributed by atoms with Crippen molar-refractivity contribution in [1.82, 2.24) is 0 Å². The molecule has 0 bridgehead atoms. The van der Waals surface area contributed by atoms with Crippen molar-refractivity contribution in [3.05, 3.63) is 60.8 Å². The number of carbonyl (C=O) groups is 3. The number of rotatable bonds is 55. The summed E-state index contributed by atoms with van der Waals surface area (Å²) in [4.78, 5) is 38.2. The van der Waals surface area contributed by atoms with Gasteiger partial charge in [-0.15, -0.1) is 0 Å². The second kappa shape index (κ2) is 58.7. The highest BCUT2D eigenvalue weighted by atomic mass is 16.6. The summed E-state index contributed by atoms with van der Waals surface area (Å²) in [5, 5.41) is 0. The van der Waals surface area contributed by atoms with Gasteiger partial charge < -0.3 is 14.2 Å². The van der Waals surface area contributed by atoms with Gasteiger partial charge in [0.15, 0.2) is 6.10 Å². The molecule has 406 valence electrons. The van der Waals surface area contributed by atoms with E-state index in [2.05, 4.69) is 81.5 Å². The van der Waals surface area contributed by atoms with E-state index in [0.29, 0.717) is 19.3 Å². The molecule has 0 saturated heterocycles. The van der Waals surface area contributed by atoms with E-state index in [1.54, 1.807) is 0 Å². The van der Waals surface area contributed by atoms with Gasteiger partial charge in [0.2, 0.25) is 0 Å². The van der Waals surface area contributed by atoms with Gasteiger partial charge in [-0.2, -0.15) is 0 Å². The molecule has 0 aromatic carbocycles. The monoisotopic (exact) mass is 979 g/mol. The molecule has 0 aliphatic heterocycles. The average Bonchev–Trinajstić information content (AvgIpc) is 3.36. The van der Waals surface area contributed by atoms with Crippen LogP contribution in [-0.2, 0) is 28.6 Å². The molecule has 0 heterocycles. The smallest absolute Gasteiger partial charge is 0.306 e. The van der Waals surface area contributed by atoms with Gasteiger partial charge in [0.05, 0.1) is 0 Å². The quantitative estimate of drug-likeness (QED) is 0.0261. The Balaban J connectivity index is 4.38.